The Balaban J connectivity index is 2.29. The van der Waals surface area contributed by atoms with Crippen molar-refractivity contribution in [3.8, 4) is 0 Å². The molecule has 0 saturated heterocycles. The highest BCUT2D eigenvalue weighted by atomic mass is 79.9. The topological polar surface area (TPSA) is 26.0 Å². The van der Waals surface area contributed by atoms with Gasteiger partial charge in [-0.15, -0.1) is 23.1 Å². The quantitative estimate of drug-likeness (QED) is 0.752. The predicted molar refractivity (Wildman–Crippen MR) is 90.2 cm³/mol. The molecule has 0 spiro atoms. The number of hydrogen-bond acceptors (Lipinski definition) is 3. The normalized spacial score (nSPS) is 14.4. The lowest BCUT2D eigenvalue weighted by Crippen LogP contribution is -2.21. The van der Waals surface area contributed by atoms with Crippen molar-refractivity contribution in [2.24, 2.45) is 5.73 Å². The third-order valence-corrected chi connectivity index (χ3v) is 6.44. The number of thiophene rings is 1. The van der Waals surface area contributed by atoms with Gasteiger partial charge < -0.3 is 5.73 Å². The Labute approximate surface area is 131 Å². The fraction of sp³-hybridized carbons (Fsp3) is 0.333. The SMILES string of the molecule is Cc1ccc(C)c(SC(c2ccc(Br)s2)C(C)N)c1. The van der Waals surface area contributed by atoms with Crippen molar-refractivity contribution >= 4 is 39.0 Å². The molecule has 0 fully saturated rings. The van der Waals surface area contributed by atoms with Crippen LogP contribution in [-0.2, 0) is 0 Å². The van der Waals surface area contributed by atoms with Crippen molar-refractivity contribution in [3.05, 3.63) is 50.1 Å². The minimum Gasteiger partial charge on any atom is -0.327 e. The Hall–Kier alpha value is -0.290. The van der Waals surface area contributed by atoms with Gasteiger partial charge in [0.05, 0.1) is 9.04 Å². The summed E-state index contributed by atoms with van der Waals surface area (Å²) in [5, 5.41) is 0.303. The van der Waals surface area contributed by atoms with E-state index in [4.69, 9.17) is 5.73 Å². The second-order valence-corrected chi connectivity index (χ2v) is 8.49. The van der Waals surface area contributed by atoms with E-state index in [0.717, 1.165) is 3.79 Å². The van der Waals surface area contributed by atoms with Gasteiger partial charge in [0, 0.05) is 15.8 Å². The first-order chi connectivity index (χ1) is 8.97. The molecule has 0 saturated carbocycles. The zero-order valence-electron chi connectivity index (χ0n) is 11.3. The Morgan fingerprint density at radius 3 is 2.53 bits per heavy atom. The van der Waals surface area contributed by atoms with Crippen LogP contribution in [0.15, 0.2) is 39.0 Å². The maximum atomic E-state index is 6.18. The molecule has 0 aliphatic rings. The van der Waals surface area contributed by atoms with Gasteiger partial charge in [-0.05, 0) is 60.5 Å². The molecule has 0 bridgehead atoms. The van der Waals surface area contributed by atoms with E-state index in [1.54, 1.807) is 11.3 Å². The van der Waals surface area contributed by atoms with Gasteiger partial charge in [-0.25, -0.2) is 0 Å². The molecule has 2 aromatic rings. The third kappa shape index (κ3) is 3.85. The molecule has 1 heterocycles. The molecule has 0 aliphatic carbocycles. The van der Waals surface area contributed by atoms with Crippen molar-refractivity contribution in [2.45, 2.75) is 37.0 Å². The summed E-state index contributed by atoms with van der Waals surface area (Å²) in [5.41, 5.74) is 8.80. The summed E-state index contributed by atoms with van der Waals surface area (Å²) in [7, 11) is 0. The third-order valence-electron chi connectivity index (χ3n) is 2.95. The summed E-state index contributed by atoms with van der Waals surface area (Å²) < 4.78 is 1.16. The summed E-state index contributed by atoms with van der Waals surface area (Å²) in [6.45, 7) is 6.37. The molecule has 102 valence electrons. The van der Waals surface area contributed by atoms with Crippen LogP contribution in [0, 0.1) is 13.8 Å². The van der Waals surface area contributed by atoms with E-state index >= 15 is 0 Å². The molecule has 1 nitrogen and oxygen atoms in total. The highest BCUT2D eigenvalue weighted by Gasteiger charge is 2.20. The van der Waals surface area contributed by atoms with Gasteiger partial charge in [0.2, 0.25) is 0 Å². The van der Waals surface area contributed by atoms with Gasteiger partial charge in [-0.2, -0.15) is 0 Å². The van der Waals surface area contributed by atoms with Crippen LogP contribution in [0.3, 0.4) is 0 Å². The highest BCUT2D eigenvalue weighted by molar-refractivity contribution is 9.11. The molecular weight excluding hydrogens is 338 g/mol. The van der Waals surface area contributed by atoms with E-state index in [1.165, 1.54) is 20.9 Å². The largest absolute Gasteiger partial charge is 0.327 e. The molecule has 2 atom stereocenters. The number of halogens is 1. The molecule has 19 heavy (non-hydrogen) atoms. The maximum absolute atomic E-state index is 6.18. The second kappa shape index (κ2) is 6.44. The van der Waals surface area contributed by atoms with E-state index in [9.17, 15) is 0 Å². The molecule has 2 N–H and O–H groups in total. The molecule has 2 rings (SSSR count). The van der Waals surface area contributed by atoms with Crippen LogP contribution < -0.4 is 5.73 Å². The van der Waals surface area contributed by atoms with Crippen LogP contribution >= 0.6 is 39.0 Å². The number of hydrogen-bond donors (Lipinski definition) is 1. The summed E-state index contributed by atoms with van der Waals surface area (Å²) in [4.78, 5) is 2.65. The zero-order chi connectivity index (χ0) is 14.0. The summed E-state index contributed by atoms with van der Waals surface area (Å²) in [6, 6.07) is 11.0. The monoisotopic (exact) mass is 355 g/mol. The minimum absolute atomic E-state index is 0.121. The minimum atomic E-state index is 0.121. The molecule has 0 aliphatic heterocycles. The van der Waals surface area contributed by atoms with Crippen molar-refractivity contribution in [2.75, 3.05) is 0 Å². The molecule has 1 aromatic carbocycles. The smallest absolute Gasteiger partial charge is 0.0701 e. The molecular formula is C15H18BrNS2. The number of nitrogens with two attached hydrogens (primary N) is 1. The zero-order valence-corrected chi connectivity index (χ0v) is 14.5. The van der Waals surface area contributed by atoms with Gasteiger partial charge in [0.15, 0.2) is 0 Å². The lowest BCUT2D eigenvalue weighted by molar-refractivity contribution is 0.730. The van der Waals surface area contributed by atoms with E-state index < -0.39 is 0 Å². The van der Waals surface area contributed by atoms with E-state index in [-0.39, 0.29) is 6.04 Å². The Morgan fingerprint density at radius 1 is 1.21 bits per heavy atom. The maximum Gasteiger partial charge on any atom is 0.0701 e. The lowest BCUT2D eigenvalue weighted by Gasteiger charge is -2.20. The van der Waals surface area contributed by atoms with Gasteiger partial charge >= 0.3 is 0 Å². The summed E-state index contributed by atoms with van der Waals surface area (Å²) >= 11 is 7.17. The Bertz CT molecular complexity index is 563. The van der Waals surface area contributed by atoms with Crippen LogP contribution in [0.2, 0.25) is 0 Å². The molecule has 0 radical (unpaired) electrons. The number of thioether (sulfide) groups is 1. The number of rotatable bonds is 4. The van der Waals surface area contributed by atoms with Crippen LogP contribution in [0.4, 0.5) is 0 Å². The Morgan fingerprint density at radius 2 is 1.95 bits per heavy atom. The van der Waals surface area contributed by atoms with E-state index in [0.29, 0.717) is 5.25 Å². The molecule has 4 heteroatoms. The molecule has 0 amide bonds. The van der Waals surface area contributed by atoms with Gasteiger partial charge in [-0.1, -0.05) is 17.7 Å². The second-order valence-electron chi connectivity index (χ2n) is 4.81. The Kier molecular flexibility index (Phi) is 5.12. The van der Waals surface area contributed by atoms with Gasteiger partial charge in [0.25, 0.3) is 0 Å². The molecule has 1 aromatic heterocycles. The first-order valence-corrected chi connectivity index (χ1v) is 8.71. The fourth-order valence-electron chi connectivity index (χ4n) is 1.88. The van der Waals surface area contributed by atoms with Gasteiger partial charge in [-0.3, -0.25) is 0 Å². The van der Waals surface area contributed by atoms with Crippen LogP contribution in [0.1, 0.15) is 28.2 Å². The number of benzene rings is 1. The summed E-state index contributed by atoms with van der Waals surface area (Å²) in [6.07, 6.45) is 0. The van der Waals surface area contributed by atoms with Crippen molar-refractivity contribution in [3.63, 3.8) is 0 Å². The van der Waals surface area contributed by atoms with Gasteiger partial charge in [0.1, 0.15) is 0 Å². The average Bonchev–Trinajstić information content (AvgIpc) is 2.76. The van der Waals surface area contributed by atoms with Crippen LogP contribution in [0.5, 0.6) is 0 Å². The van der Waals surface area contributed by atoms with Crippen LogP contribution in [0.25, 0.3) is 0 Å². The van der Waals surface area contributed by atoms with Crippen molar-refractivity contribution in [1.29, 1.82) is 0 Å². The molecule has 2 unspecified atom stereocenters. The average molecular weight is 356 g/mol. The van der Waals surface area contributed by atoms with E-state index in [2.05, 4.69) is 67.0 Å². The summed E-state index contributed by atoms with van der Waals surface area (Å²) in [5.74, 6) is 0. The first kappa shape index (κ1) is 15.1. The highest BCUT2D eigenvalue weighted by Crippen LogP contribution is 2.42. The van der Waals surface area contributed by atoms with Crippen molar-refractivity contribution < 1.29 is 0 Å². The standard InChI is InChI=1S/C15H18BrNS2/c1-9-4-5-10(2)13(8-9)19-15(11(3)17)12-6-7-14(16)18-12/h4-8,11,15H,17H2,1-3H3. The lowest BCUT2D eigenvalue weighted by atomic mass is 10.2. The van der Waals surface area contributed by atoms with Crippen molar-refractivity contribution in [1.82, 2.24) is 0 Å². The predicted octanol–water partition coefficient (Wildman–Crippen LogP) is 5.31. The fourth-order valence-corrected chi connectivity index (χ4v) is 4.88. The first-order valence-electron chi connectivity index (χ1n) is 6.22. The number of aryl methyl sites for hydroxylation is 2. The van der Waals surface area contributed by atoms with Crippen LogP contribution in [-0.4, -0.2) is 6.04 Å². The van der Waals surface area contributed by atoms with E-state index in [1.807, 2.05) is 11.8 Å².